The average molecular weight is 435 g/mol. The molecule has 0 saturated carbocycles. The minimum atomic E-state index is -0.230. The van der Waals surface area contributed by atoms with Gasteiger partial charge in [0.1, 0.15) is 12.4 Å². The summed E-state index contributed by atoms with van der Waals surface area (Å²) in [5.74, 6) is 1.71. The van der Waals surface area contributed by atoms with Crippen molar-refractivity contribution in [1.82, 2.24) is 10.6 Å². The van der Waals surface area contributed by atoms with E-state index in [1.54, 1.807) is 14.2 Å². The lowest BCUT2D eigenvalue weighted by Crippen LogP contribution is -2.46. The third-order valence-corrected chi connectivity index (χ3v) is 3.51. The molecule has 23 heavy (non-hydrogen) atoms. The number of aryl methyl sites for hydroxylation is 2. The number of ether oxygens (including phenoxy) is 2. The quantitative estimate of drug-likeness (QED) is 0.299. The highest BCUT2D eigenvalue weighted by atomic mass is 127. The Kier molecular flexibility index (Phi) is 10.2. The van der Waals surface area contributed by atoms with E-state index in [-0.39, 0.29) is 29.6 Å². The molecule has 0 spiro atoms. The first-order chi connectivity index (χ1) is 10.4. The second kappa shape index (κ2) is 10.7. The Morgan fingerprint density at radius 2 is 1.78 bits per heavy atom. The molecule has 0 amide bonds. The Balaban J connectivity index is 0.00000484. The molecule has 0 aromatic heterocycles. The predicted molar refractivity (Wildman–Crippen MR) is 107 cm³/mol. The van der Waals surface area contributed by atoms with E-state index in [1.165, 1.54) is 0 Å². The second-order valence-electron chi connectivity index (χ2n) is 5.89. The van der Waals surface area contributed by atoms with Crippen molar-refractivity contribution < 1.29 is 9.47 Å². The molecule has 1 rings (SSSR count). The fourth-order valence-corrected chi connectivity index (χ4v) is 1.94. The van der Waals surface area contributed by atoms with E-state index in [0.29, 0.717) is 19.7 Å². The highest BCUT2D eigenvalue weighted by Gasteiger charge is 2.16. The summed E-state index contributed by atoms with van der Waals surface area (Å²) in [6.45, 7) is 10.1. The summed E-state index contributed by atoms with van der Waals surface area (Å²) in [6.07, 6.45) is 0. The number of para-hydroxylation sites is 1. The number of hydrogen-bond donors (Lipinski definition) is 2. The Morgan fingerprint density at radius 3 is 2.30 bits per heavy atom. The predicted octanol–water partition coefficient (Wildman–Crippen LogP) is 2.89. The molecule has 0 aliphatic carbocycles. The van der Waals surface area contributed by atoms with Crippen molar-refractivity contribution in [2.24, 2.45) is 4.99 Å². The summed E-state index contributed by atoms with van der Waals surface area (Å²) in [6, 6.07) is 6.16. The van der Waals surface area contributed by atoms with Crippen LogP contribution in [-0.4, -0.2) is 45.4 Å². The zero-order chi connectivity index (χ0) is 16.6. The van der Waals surface area contributed by atoms with Crippen LogP contribution in [0, 0.1) is 13.8 Å². The van der Waals surface area contributed by atoms with Crippen molar-refractivity contribution >= 4 is 29.9 Å². The van der Waals surface area contributed by atoms with Crippen LogP contribution in [0.3, 0.4) is 0 Å². The number of guanidine groups is 1. The molecular weight excluding hydrogens is 405 g/mol. The third-order valence-electron chi connectivity index (χ3n) is 3.51. The van der Waals surface area contributed by atoms with Gasteiger partial charge in [0.05, 0.1) is 12.1 Å². The first-order valence-corrected chi connectivity index (χ1v) is 7.58. The standard InChI is InChI=1S/C17H29N3O2.HI/c1-13-8-7-9-14(2)15(13)22-11-10-19-16(18-5)20-12-17(3,4)21-6;/h7-9H,10-12H2,1-6H3,(H2,18,19,20);1H. The normalized spacial score (nSPS) is 11.7. The van der Waals surface area contributed by atoms with Crippen LogP contribution in [0.2, 0.25) is 0 Å². The molecule has 5 nitrogen and oxygen atoms in total. The summed E-state index contributed by atoms with van der Waals surface area (Å²) in [5.41, 5.74) is 2.08. The summed E-state index contributed by atoms with van der Waals surface area (Å²) >= 11 is 0. The lowest BCUT2D eigenvalue weighted by Gasteiger charge is -2.24. The zero-order valence-electron chi connectivity index (χ0n) is 15.0. The van der Waals surface area contributed by atoms with Gasteiger partial charge in [-0.15, -0.1) is 24.0 Å². The van der Waals surface area contributed by atoms with Crippen LogP contribution >= 0.6 is 24.0 Å². The van der Waals surface area contributed by atoms with Crippen LogP contribution in [0.5, 0.6) is 5.75 Å². The van der Waals surface area contributed by atoms with Gasteiger partial charge in [-0.1, -0.05) is 18.2 Å². The van der Waals surface area contributed by atoms with E-state index in [0.717, 1.165) is 22.8 Å². The average Bonchev–Trinajstić information content (AvgIpc) is 2.49. The minimum absolute atomic E-state index is 0. The SMILES string of the molecule is CN=C(NCCOc1c(C)cccc1C)NCC(C)(C)OC.I. The first kappa shape index (κ1) is 22.0. The highest BCUT2D eigenvalue weighted by Crippen LogP contribution is 2.21. The van der Waals surface area contributed by atoms with Crippen LogP contribution in [0.4, 0.5) is 0 Å². The Hall–Kier alpha value is -1.02. The summed E-state index contributed by atoms with van der Waals surface area (Å²) in [4.78, 5) is 4.19. The molecule has 132 valence electrons. The van der Waals surface area contributed by atoms with Gasteiger partial charge >= 0.3 is 0 Å². The van der Waals surface area contributed by atoms with Gasteiger partial charge in [-0.05, 0) is 38.8 Å². The maximum absolute atomic E-state index is 5.86. The molecule has 0 aliphatic rings. The summed E-state index contributed by atoms with van der Waals surface area (Å²) in [7, 11) is 3.46. The number of aliphatic imine (C=N–C) groups is 1. The van der Waals surface area contributed by atoms with Crippen molar-refractivity contribution in [3.05, 3.63) is 29.3 Å². The van der Waals surface area contributed by atoms with E-state index >= 15 is 0 Å². The van der Waals surface area contributed by atoms with Gasteiger partial charge in [-0.3, -0.25) is 4.99 Å². The van der Waals surface area contributed by atoms with Gasteiger partial charge in [-0.25, -0.2) is 0 Å². The Labute approximate surface area is 157 Å². The van der Waals surface area contributed by atoms with Crippen molar-refractivity contribution in [3.8, 4) is 5.75 Å². The number of methoxy groups -OCH3 is 1. The van der Waals surface area contributed by atoms with Gasteiger partial charge < -0.3 is 20.1 Å². The van der Waals surface area contributed by atoms with Gasteiger partial charge in [-0.2, -0.15) is 0 Å². The van der Waals surface area contributed by atoms with E-state index in [1.807, 2.05) is 19.9 Å². The van der Waals surface area contributed by atoms with E-state index < -0.39 is 0 Å². The molecule has 0 heterocycles. The maximum atomic E-state index is 5.86. The molecule has 2 N–H and O–H groups in total. The number of nitrogens with zero attached hydrogens (tertiary/aromatic N) is 1. The van der Waals surface area contributed by atoms with Gasteiger partial charge in [0, 0.05) is 20.7 Å². The molecule has 0 atom stereocenters. The van der Waals surface area contributed by atoms with Crippen molar-refractivity contribution in [2.45, 2.75) is 33.3 Å². The van der Waals surface area contributed by atoms with E-state index in [4.69, 9.17) is 9.47 Å². The number of hydrogen-bond acceptors (Lipinski definition) is 3. The molecule has 0 bridgehead atoms. The monoisotopic (exact) mass is 435 g/mol. The molecule has 0 saturated heterocycles. The molecule has 1 aromatic carbocycles. The topological polar surface area (TPSA) is 54.9 Å². The Bertz CT molecular complexity index is 484. The number of benzene rings is 1. The van der Waals surface area contributed by atoms with Crippen LogP contribution in [0.15, 0.2) is 23.2 Å². The van der Waals surface area contributed by atoms with Crippen molar-refractivity contribution in [2.75, 3.05) is 33.9 Å². The molecule has 6 heteroatoms. The Morgan fingerprint density at radius 1 is 1.17 bits per heavy atom. The summed E-state index contributed by atoms with van der Waals surface area (Å²) in [5, 5.41) is 6.47. The highest BCUT2D eigenvalue weighted by molar-refractivity contribution is 14.0. The summed E-state index contributed by atoms with van der Waals surface area (Å²) < 4.78 is 11.2. The lowest BCUT2D eigenvalue weighted by molar-refractivity contribution is 0.0268. The number of rotatable bonds is 7. The van der Waals surface area contributed by atoms with Crippen LogP contribution in [-0.2, 0) is 4.74 Å². The van der Waals surface area contributed by atoms with Gasteiger partial charge in [0.25, 0.3) is 0 Å². The molecule has 0 aliphatic heterocycles. The zero-order valence-corrected chi connectivity index (χ0v) is 17.4. The van der Waals surface area contributed by atoms with Crippen molar-refractivity contribution in [1.29, 1.82) is 0 Å². The molecule has 0 radical (unpaired) electrons. The van der Waals surface area contributed by atoms with Crippen molar-refractivity contribution in [3.63, 3.8) is 0 Å². The fraction of sp³-hybridized carbons (Fsp3) is 0.588. The van der Waals surface area contributed by atoms with E-state index in [9.17, 15) is 0 Å². The maximum Gasteiger partial charge on any atom is 0.191 e. The molecule has 0 unspecified atom stereocenters. The largest absolute Gasteiger partial charge is 0.491 e. The van der Waals surface area contributed by atoms with E-state index in [2.05, 4.69) is 41.6 Å². The van der Waals surface area contributed by atoms with Crippen LogP contribution in [0.25, 0.3) is 0 Å². The van der Waals surface area contributed by atoms with Gasteiger partial charge in [0.15, 0.2) is 5.96 Å². The van der Waals surface area contributed by atoms with Crippen LogP contribution in [0.1, 0.15) is 25.0 Å². The number of nitrogens with one attached hydrogen (secondary N) is 2. The smallest absolute Gasteiger partial charge is 0.191 e. The fourth-order valence-electron chi connectivity index (χ4n) is 1.94. The molecule has 1 aromatic rings. The van der Waals surface area contributed by atoms with Crippen LogP contribution < -0.4 is 15.4 Å². The second-order valence-corrected chi connectivity index (χ2v) is 5.89. The lowest BCUT2D eigenvalue weighted by atomic mass is 10.1. The van der Waals surface area contributed by atoms with Gasteiger partial charge in [0.2, 0.25) is 0 Å². The molecule has 0 fully saturated rings. The minimum Gasteiger partial charge on any atom is -0.491 e. The molecular formula is C17H30IN3O2. The third kappa shape index (κ3) is 7.87. The number of halogens is 1. The first-order valence-electron chi connectivity index (χ1n) is 7.58.